The minimum absolute atomic E-state index is 0.120. The minimum Gasteiger partial charge on any atom is -0.464 e. The second-order valence-electron chi connectivity index (χ2n) is 6.03. The third-order valence-corrected chi connectivity index (χ3v) is 5.33. The molecule has 27 heavy (non-hydrogen) atoms. The van der Waals surface area contributed by atoms with Gasteiger partial charge in [-0.3, -0.25) is 0 Å². The van der Waals surface area contributed by atoms with Crippen LogP contribution in [0.2, 0.25) is 5.15 Å². The fourth-order valence-corrected chi connectivity index (χ4v) is 3.56. The zero-order chi connectivity index (χ0) is 20.0. The molecule has 1 aromatic heterocycles. The van der Waals surface area contributed by atoms with Crippen molar-refractivity contribution in [3.63, 3.8) is 0 Å². The lowest BCUT2D eigenvalue weighted by Gasteiger charge is -2.19. The molecule has 1 saturated carbocycles. The standard InChI is InChI=1S/C16H25ClN4O5S/c1-3-5-27-16-20-14(17)11(18)15(21-16)19-8-6-9(13(24)12(8)23)26-7-10(22)25-4-2/h8-9,12-13,23-24H,3-7,18H2,1-2H3,(H,19,20,21)/t8-,9+,12+,13+/m1/s1. The van der Waals surface area contributed by atoms with Crippen LogP contribution in [0, 0.1) is 0 Å². The van der Waals surface area contributed by atoms with Gasteiger partial charge in [0.05, 0.1) is 18.8 Å². The number of thioether (sulfide) groups is 1. The maximum Gasteiger partial charge on any atom is 0.332 e. The van der Waals surface area contributed by atoms with Crippen LogP contribution in [0.15, 0.2) is 5.16 Å². The van der Waals surface area contributed by atoms with E-state index in [1.54, 1.807) is 6.92 Å². The first-order chi connectivity index (χ1) is 12.9. The largest absolute Gasteiger partial charge is 0.464 e. The third-order valence-electron chi connectivity index (χ3n) is 3.99. The van der Waals surface area contributed by atoms with Crippen LogP contribution in [0.4, 0.5) is 11.5 Å². The van der Waals surface area contributed by atoms with E-state index in [-0.39, 0.29) is 36.3 Å². The Morgan fingerprint density at radius 3 is 2.78 bits per heavy atom. The van der Waals surface area contributed by atoms with Gasteiger partial charge in [0.25, 0.3) is 0 Å². The molecule has 5 N–H and O–H groups in total. The molecule has 0 unspecified atom stereocenters. The Balaban J connectivity index is 2.04. The van der Waals surface area contributed by atoms with Crippen LogP contribution >= 0.6 is 23.4 Å². The van der Waals surface area contributed by atoms with Gasteiger partial charge in [-0.15, -0.1) is 0 Å². The SMILES string of the molecule is CCCSc1nc(Cl)c(N)c(N[C@@H]2C[C@H](OCC(=O)OCC)[C@H](O)[C@H]2O)n1. The number of nitrogens with zero attached hydrogens (tertiary/aromatic N) is 2. The van der Waals surface area contributed by atoms with Gasteiger partial charge in [0.15, 0.2) is 16.1 Å². The van der Waals surface area contributed by atoms with E-state index in [0.29, 0.717) is 5.16 Å². The highest BCUT2D eigenvalue weighted by atomic mass is 35.5. The summed E-state index contributed by atoms with van der Waals surface area (Å²) in [6.45, 7) is 3.68. The predicted octanol–water partition coefficient (Wildman–Crippen LogP) is 1.07. The Bertz CT molecular complexity index is 653. The number of hydrogen-bond donors (Lipinski definition) is 4. The highest BCUT2D eigenvalue weighted by Gasteiger charge is 2.43. The van der Waals surface area contributed by atoms with Crippen molar-refractivity contribution in [3.8, 4) is 0 Å². The molecule has 0 spiro atoms. The minimum atomic E-state index is -1.16. The van der Waals surface area contributed by atoms with Crippen LogP contribution in [0.1, 0.15) is 26.7 Å². The van der Waals surface area contributed by atoms with Crippen LogP contribution in [0.3, 0.4) is 0 Å². The van der Waals surface area contributed by atoms with Crippen molar-refractivity contribution in [1.29, 1.82) is 0 Å². The molecule has 0 amide bonds. The van der Waals surface area contributed by atoms with Crippen LogP contribution in [-0.2, 0) is 14.3 Å². The molecule has 0 aromatic carbocycles. The summed E-state index contributed by atoms with van der Waals surface area (Å²) in [7, 11) is 0. The molecule has 2 rings (SSSR count). The number of rotatable bonds is 9. The smallest absolute Gasteiger partial charge is 0.332 e. The van der Waals surface area contributed by atoms with Crippen molar-refractivity contribution < 1.29 is 24.5 Å². The summed E-state index contributed by atoms with van der Waals surface area (Å²) in [5, 5.41) is 24.1. The zero-order valence-electron chi connectivity index (χ0n) is 15.2. The maximum absolute atomic E-state index is 11.4. The molecule has 1 aromatic rings. The van der Waals surface area contributed by atoms with Crippen molar-refractivity contribution in [2.45, 2.75) is 56.2 Å². The van der Waals surface area contributed by atoms with Crippen LogP contribution in [0.25, 0.3) is 0 Å². The Labute approximate surface area is 167 Å². The molecule has 0 bridgehead atoms. The van der Waals surface area contributed by atoms with Crippen molar-refractivity contribution in [2.75, 3.05) is 30.0 Å². The molecule has 0 radical (unpaired) electrons. The van der Waals surface area contributed by atoms with Gasteiger partial charge in [0.2, 0.25) is 0 Å². The predicted molar refractivity (Wildman–Crippen MR) is 103 cm³/mol. The number of esters is 1. The Hall–Kier alpha value is -1.33. The highest BCUT2D eigenvalue weighted by molar-refractivity contribution is 7.99. The number of nitrogen functional groups attached to an aromatic ring is 1. The summed E-state index contributed by atoms with van der Waals surface area (Å²) in [5.74, 6) is 0.588. The molecular weight excluding hydrogens is 396 g/mol. The number of nitrogens with two attached hydrogens (primary N) is 1. The number of halogens is 1. The molecule has 4 atom stereocenters. The molecule has 0 saturated heterocycles. The second-order valence-corrected chi connectivity index (χ2v) is 7.45. The fourth-order valence-electron chi connectivity index (χ4n) is 2.64. The zero-order valence-corrected chi connectivity index (χ0v) is 16.8. The average molecular weight is 421 g/mol. The van der Waals surface area contributed by atoms with Gasteiger partial charge in [-0.2, -0.15) is 0 Å². The van der Waals surface area contributed by atoms with Gasteiger partial charge >= 0.3 is 5.97 Å². The monoisotopic (exact) mass is 420 g/mol. The Morgan fingerprint density at radius 2 is 2.11 bits per heavy atom. The van der Waals surface area contributed by atoms with Crippen molar-refractivity contribution >= 4 is 40.8 Å². The van der Waals surface area contributed by atoms with E-state index in [2.05, 4.69) is 15.3 Å². The number of aromatic nitrogens is 2. The lowest BCUT2D eigenvalue weighted by Crippen LogP contribution is -2.37. The van der Waals surface area contributed by atoms with E-state index in [4.69, 9.17) is 26.8 Å². The van der Waals surface area contributed by atoms with Gasteiger partial charge in [-0.05, 0) is 19.8 Å². The first-order valence-corrected chi connectivity index (χ1v) is 10.1. The lowest BCUT2D eigenvalue weighted by molar-refractivity contribution is -0.153. The van der Waals surface area contributed by atoms with Crippen molar-refractivity contribution in [2.24, 2.45) is 0 Å². The molecule has 0 aliphatic heterocycles. The summed E-state index contributed by atoms with van der Waals surface area (Å²) in [5.41, 5.74) is 6.10. The summed E-state index contributed by atoms with van der Waals surface area (Å²) in [6, 6.07) is -0.579. The number of carbonyl (C=O) groups is 1. The number of aliphatic hydroxyl groups is 2. The van der Waals surface area contributed by atoms with Gasteiger partial charge in [0, 0.05) is 5.75 Å². The van der Waals surface area contributed by atoms with E-state index < -0.39 is 30.3 Å². The second kappa shape index (κ2) is 10.3. The molecule has 1 fully saturated rings. The first kappa shape index (κ1) is 22.0. The molecule has 152 valence electrons. The summed E-state index contributed by atoms with van der Waals surface area (Å²) >= 11 is 7.52. The molecule has 1 heterocycles. The van der Waals surface area contributed by atoms with Gasteiger partial charge < -0.3 is 30.7 Å². The van der Waals surface area contributed by atoms with Gasteiger partial charge in [-0.1, -0.05) is 30.3 Å². The lowest BCUT2D eigenvalue weighted by atomic mass is 10.2. The normalized spacial score (nSPS) is 24.8. The molecular formula is C16H25ClN4O5S. The van der Waals surface area contributed by atoms with Crippen molar-refractivity contribution in [3.05, 3.63) is 5.15 Å². The third kappa shape index (κ3) is 5.82. The van der Waals surface area contributed by atoms with Crippen LogP contribution in [-0.4, -0.2) is 69.5 Å². The molecule has 9 nitrogen and oxygen atoms in total. The Kier molecular flexibility index (Phi) is 8.36. The summed E-state index contributed by atoms with van der Waals surface area (Å²) < 4.78 is 10.2. The van der Waals surface area contributed by atoms with Crippen LogP contribution in [0.5, 0.6) is 0 Å². The first-order valence-electron chi connectivity index (χ1n) is 8.73. The van der Waals surface area contributed by atoms with Gasteiger partial charge in [-0.25, -0.2) is 14.8 Å². The van der Waals surface area contributed by atoms with E-state index in [0.717, 1.165) is 12.2 Å². The highest BCUT2D eigenvalue weighted by Crippen LogP contribution is 2.31. The fraction of sp³-hybridized carbons (Fsp3) is 0.688. The molecule has 1 aliphatic carbocycles. The number of nitrogens with one attached hydrogen (secondary N) is 1. The number of aliphatic hydroxyl groups excluding tert-OH is 2. The number of ether oxygens (including phenoxy) is 2. The average Bonchev–Trinajstić information content (AvgIpc) is 2.90. The van der Waals surface area contributed by atoms with E-state index >= 15 is 0 Å². The van der Waals surface area contributed by atoms with Gasteiger partial charge in [0.1, 0.15) is 24.5 Å². The topological polar surface area (TPSA) is 140 Å². The molecule has 1 aliphatic rings. The number of anilines is 2. The summed E-state index contributed by atoms with van der Waals surface area (Å²) in [4.78, 5) is 19.9. The van der Waals surface area contributed by atoms with E-state index in [1.807, 2.05) is 6.92 Å². The van der Waals surface area contributed by atoms with E-state index in [1.165, 1.54) is 11.8 Å². The maximum atomic E-state index is 11.4. The quantitative estimate of drug-likeness (QED) is 0.198. The van der Waals surface area contributed by atoms with Crippen LogP contribution < -0.4 is 11.1 Å². The Morgan fingerprint density at radius 1 is 1.37 bits per heavy atom. The molecule has 11 heteroatoms. The summed E-state index contributed by atoms with van der Waals surface area (Å²) in [6.07, 6.45) is -1.82. The number of hydrogen-bond acceptors (Lipinski definition) is 10. The van der Waals surface area contributed by atoms with E-state index in [9.17, 15) is 15.0 Å². The van der Waals surface area contributed by atoms with Crippen molar-refractivity contribution in [1.82, 2.24) is 9.97 Å². The number of carbonyl (C=O) groups excluding carboxylic acids is 1.